The van der Waals surface area contributed by atoms with E-state index in [-0.39, 0.29) is 5.91 Å². The fourth-order valence-electron chi connectivity index (χ4n) is 2.23. The molecule has 0 atom stereocenters. The van der Waals surface area contributed by atoms with Crippen LogP contribution in [0.4, 0.5) is 11.4 Å². The normalized spacial score (nSPS) is 10.7. The van der Waals surface area contributed by atoms with Gasteiger partial charge in [0.05, 0.1) is 28.7 Å². The minimum atomic E-state index is -0.0642. The highest BCUT2D eigenvalue weighted by Crippen LogP contribution is 2.17. The molecule has 0 saturated carbocycles. The fourth-order valence-corrected chi connectivity index (χ4v) is 2.23. The number of fused-ring (bicyclic) bond motifs is 1. The second-order valence-electron chi connectivity index (χ2n) is 4.81. The van der Waals surface area contributed by atoms with Crippen LogP contribution in [0.3, 0.4) is 0 Å². The predicted octanol–water partition coefficient (Wildman–Crippen LogP) is 2.65. The molecule has 5 heteroatoms. The smallest absolute Gasteiger partial charge is 0.226 e. The van der Waals surface area contributed by atoms with Crippen molar-refractivity contribution in [2.75, 3.05) is 11.1 Å². The van der Waals surface area contributed by atoms with Gasteiger partial charge in [-0.25, -0.2) is 4.98 Å². The van der Waals surface area contributed by atoms with E-state index in [0.717, 1.165) is 11.0 Å². The highest BCUT2D eigenvalue weighted by Gasteiger charge is 2.07. The van der Waals surface area contributed by atoms with Crippen LogP contribution in [0.5, 0.6) is 0 Å². The molecule has 0 bridgehead atoms. The second kappa shape index (κ2) is 5.66. The Balaban J connectivity index is 1.65. The topological polar surface area (TPSA) is 72.9 Å². The average molecular weight is 280 g/mol. The molecular formula is C16H16N4O. The van der Waals surface area contributed by atoms with Gasteiger partial charge < -0.3 is 15.6 Å². The van der Waals surface area contributed by atoms with Crippen LogP contribution < -0.4 is 11.1 Å². The summed E-state index contributed by atoms with van der Waals surface area (Å²) in [7, 11) is 0. The zero-order valence-electron chi connectivity index (χ0n) is 11.5. The molecule has 1 heterocycles. The number of imidazole rings is 1. The Labute approximate surface area is 122 Å². The fraction of sp³-hybridized carbons (Fsp3) is 0.125. The predicted molar refractivity (Wildman–Crippen MR) is 83.8 cm³/mol. The van der Waals surface area contributed by atoms with Crippen LogP contribution >= 0.6 is 0 Å². The molecule has 0 spiro atoms. The molecule has 3 N–H and O–H groups in total. The van der Waals surface area contributed by atoms with Crippen LogP contribution in [0.25, 0.3) is 11.0 Å². The number of aryl methyl sites for hydroxylation is 1. The molecule has 1 amide bonds. The molecule has 3 rings (SSSR count). The lowest BCUT2D eigenvalue weighted by atomic mass is 10.2. The Kier molecular flexibility index (Phi) is 3.55. The second-order valence-corrected chi connectivity index (χ2v) is 4.81. The lowest BCUT2D eigenvalue weighted by molar-refractivity contribution is -0.116. The highest BCUT2D eigenvalue weighted by molar-refractivity contribution is 5.93. The van der Waals surface area contributed by atoms with Crippen molar-refractivity contribution < 1.29 is 4.79 Å². The Morgan fingerprint density at radius 2 is 1.90 bits per heavy atom. The summed E-state index contributed by atoms with van der Waals surface area (Å²) in [6.07, 6.45) is 2.13. The maximum Gasteiger partial charge on any atom is 0.226 e. The Morgan fingerprint density at radius 1 is 1.14 bits per heavy atom. The number of aromatic nitrogens is 2. The summed E-state index contributed by atoms with van der Waals surface area (Å²) in [5.41, 5.74) is 8.99. The largest absolute Gasteiger partial charge is 0.397 e. The van der Waals surface area contributed by atoms with E-state index in [2.05, 4.69) is 10.3 Å². The van der Waals surface area contributed by atoms with Gasteiger partial charge in [-0.3, -0.25) is 4.79 Å². The van der Waals surface area contributed by atoms with E-state index < -0.39 is 0 Å². The Hall–Kier alpha value is -2.82. The van der Waals surface area contributed by atoms with E-state index in [1.54, 1.807) is 18.5 Å². The molecule has 0 aliphatic carbocycles. The molecular weight excluding hydrogens is 264 g/mol. The zero-order chi connectivity index (χ0) is 14.7. The molecule has 3 aromatic rings. The monoisotopic (exact) mass is 280 g/mol. The van der Waals surface area contributed by atoms with E-state index in [9.17, 15) is 4.79 Å². The van der Waals surface area contributed by atoms with Gasteiger partial charge in [0.2, 0.25) is 5.91 Å². The maximum atomic E-state index is 12.0. The van der Waals surface area contributed by atoms with Crippen molar-refractivity contribution in [2.45, 2.75) is 13.0 Å². The minimum absolute atomic E-state index is 0.0642. The molecule has 2 aromatic carbocycles. The number of nitrogens with one attached hydrogen (secondary N) is 1. The van der Waals surface area contributed by atoms with Gasteiger partial charge in [0, 0.05) is 13.0 Å². The maximum absolute atomic E-state index is 12.0. The molecule has 106 valence electrons. The van der Waals surface area contributed by atoms with Crippen molar-refractivity contribution in [3.05, 3.63) is 54.9 Å². The van der Waals surface area contributed by atoms with Crippen molar-refractivity contribution in [1.29, 1.82) is 0 Å². The van der Waals surface area contributed by atoms with Gasteiger partial charge in [-0.2, -0.15) is 0 Å². The molecule has 5 nitrogen and oxygen atoms in total. The molecule has 0 saturated heterocycles. The van der Waals surface area contributed by atoms with E-state index in [4.69, 9.17) is 5.73 Å². The van der Waals surface area contributed by atoms with Gasteiger partial charge in [0.15, 0.2) is 0 Å². The van der Waals surface area contributed by atoms with Crippen molar-refractivity contribution in [2.24, 2.45) is 0 Å². The van der Waals surface area contributed by atoms with Gasteiger partial charge in [-0.1, -0.05) is 24.3 Å². The number of nitrogen functional groups attached to an aromatic ring is 1. The molecule has 0 fully saturated rings. The number of carbonyl (C=O) groups excluding carboxylic acids is 1. The summed E-state index contributed by atoms with van der Waals surface area (Å²) >= 11 is 0. The minimum Gasteiger partial charge on any atom is -0.397 e. The number of rotatable bonds is 4. The van der Waals surface area contributed by atoms with Crippen molar-refractivity contribution in [1.82, 2.24) is 9.55 Å². The van der Waals surface area contributed by atoms with Gasteiger partial charge in [0.1, 0.15) is 0 Å². The van der Waals surface area contributed by atoms with Gasteiger partial charge in [0.25, 0.3) is 0 Å². The van der Waals surface area contributed by atoms with Crippen LogP contribution in [0, 0.1) is 0 Å². The summed E-state index contributed by atoms with van der Waals surface area (Å²) in [4.78, 5) is 16.3. The van der Waals surface area contributed by atoms with Gasteiger partial charge in [-0.15, -0.1) is 0 Å². The first kappa shape index (κ1) is 13.2. The number of hydrogen-bond acceptors (Lipinski definition) is 3. The number of para-hydroxylation sites is 4. The number of nitrogens with two attached hydrogens (primary N) is 1. The summed E-state index contributed by atoms with van der Waals surface area (Å²) in [6, 6.07) is 15.1. The van der Waals surface area contributed by atoms with Crippen LogP contribution in [-0.2, 0) is 11.3 Å². The molecule has 0 unspecified atom stereocenters. The molecule has 0 aliphatic rings. The summed E-state index contributed by atoms with van der Waals surface area (Å²) in [6.45, 7) is 0.582. The first-order chi connectivity index (χ1) is 10.2. The number of benzene rings is 2. The molecule has 0 aliphatic heterocycles. The number of anilines is 2. The SMILES string of the molecule is Nc1ccccc1NC(=O)CCn1cnc2ccccc21. The highest BCUT2D eigenvalue weighted by atomic mass is 16.1. The van der Waals surface area contributed by atoms with Crippen LogP contribution in [0.15, 0.2) is 54.9 Å². The lowest BCUT2D eigenvalue weighted by Crippen LogP contribution is -2.15. The van der Waals surface area contributed by atoms with E-state index >= 15 is 0 Å². The van der Waals surface area contributed by atoms with Crippen LogP contribution in [0.1, 0.15) is 6.42 Å². The third-order valence-electron chi connectivity index (χ3n) is 3.34. The molecule has 0 radical (unpaired) electrons. The first-order valence-corrected chi connectivity index (χ1v) is 6.78. The number of carbonyl (C=O) groups is 1. The van der Waals surface area contributed by atoms with E-state index in [1.807, 2.05) is 41.0 Å². The van der Waals surface area contributed by atoms with Gasteiger partial charge >= 0.3 is 0 Å². The lowest BCUT2D eigenvalue weighted by Gasteiger charge is -2.08. The van der Waals surface area contributed by atoms with E-state index in [1.165, 1.54) is 0 Å². The quantitative estimate of drug-likeness (QED) is 0.722. The molecule has 21 heavy (non-hydrogen) atoms. The van der Waals surface area contributed by atoms with Crippen molar-refractivity contribution >= 4 is 28.3 Å². The van der Waals surface area contributed by atoms with Gasteiger partial charge in [-0.05, 0) is 24.3 Å². The third-order valence-corrected chi connectivity index (χ3v) is 3.34. The Morgan fingerprint density at radius 3 is 2.76 bits per heavy atom. The van der Waals surface area contributed by atoms with Crippen LogP contribution in [0.2, 0.25) is 0 Å². The number of nitrogens with zero attached hydrogens (tertiary/aromatic N) is 2. The summed E-state index contributed by atoms with van der Waals surface area (Å²) in [5, 5.41) is 2.82. The average Bonchev–Trinajstić information content (AvgIpc) is 2.91. The summed E-state index contributed by atoms with van der Waals surface area (Å²) < 4.78 is 1.98. The van der Waals surface area contributed by atoms with Crippen molar-refractivity contribution in [3.63, 3.8) is 0 Å². The first-order valence-electron chi connectivity index (χ1n) is 6.78. The summed E-state index contributed by atoms with van der Waals surface area (Å²) in [5.74, 6) is -0.0642. The Bertz CT molecular complexity index is 779. The number of amides is 1. The van der Waals surface area contributed by atoms with Crippen LogP contribution in [-0.4, -0.2) is 15.5 Å². The standard InChI is InChI=1S/C16H16N4O/c17-12-5-1-2-6-13(12)19-16(21)9-10-20-11-18-14-7-3-4-8-15(14)20/h1-8,11H,9-10,17H2,(H,19,21). The number of hydrogen-bond donors (Lipinski definition) is 2. The third kappa shape index (κ3) is 2.86. The van der Waals surface area contributed by atoms with Crippen molar-refractivity contribution in [3.8, 4) is 0 Å². The van der Waals surface area contributed by atoms with E-state index in [0.29, 0.717) is 24.3 Å². The zero-order valence-corrected chi connectivity index (χ0v) is 11.5. The molecule has 1 aromatic heterocycles.